The number of anilines is 1. The van der Waals surface area contributed by atoms with Gasteiger partial charge in [-0.2, -0.15) is 0 Å². The van der Waals surface area contributed by atoms with Gasteiger partial charge in [-0.05, 0) is 24.3 Å². The first-order chi connectivity index (χ1) is 20.0. The Balaban J connectivity index is 1.75. The number of benzene rings is 3. The molecule has 0 radical (unpaired) electrons. The second kappa shape index (κ2) is 9.54. The average molecular weight is 570 g/mol. The number of carbonyl (C=O) groups excluding carboxylic acids is 3. The minimum atomic E-state index is -1.72. The van der Waals surface area contributed by atoms with E-state index in [2.05, 4.69) is 0 Å². The van der Waals surface area contributed by atoms with E-state index in [-0.39, 0.29) is 28.8 Å². The first-order valence-corrected chi connectivity index (χ1v) is 13.8. The van der Waals surface area contributed by atoms with E-state index in [0.717, 1.165) is 0 Å². The maximum Gasteiger partial charge on any atom is 0.203 e. The number of methoxy groups -OCH3 is 3. The molecule has 1 spiro atoms. The predicted octanol–water partition coefficient (Wildman–Crippen LogP) is 5.90. The molecular formula is C34H32FNO6. The third-order valence-electron chi connectivity index (χ3n) is 8.84. The van der Waals surface area contributed by atoms with Gasteiger partial charge in [0.05, 0.1) is 33.4 Å². The van der Waals surface area contributed by atoms with Crippen LogP contribution in [0.2, 0.25) is 0 Å². The normalized spacial score (nSPS) is 21.7. The van der Waals surface area contributed by atoms with Gasteiger partial charge in [-0.15, -0.1) is 0 Å². The molecule has 7 nitrogen and oxygen atoms in total. The molecule has 0 amide bonds. The number of hydrogen-bond acceptors (Lipinski definition) is 7. The van der Waals surface area contributed by atoms with Gasteiger partial charge in [0.25, 0.3) is 0 Å². The van der Waals surface area contributed by atoms with Crippen LogP contribution in [0.1, 0.15) is 58.5 Å². The molecule has 1 fully saturated rings. The van der Waals surface area contributed by atoms with E-state index in [1.807, 2.05) is 25.7 Å². The lowest BCUT2D eigenvalue weighted by molar-refractivity contribution is -0.127. The number of fused-ring (bicyclic) bond motifs is 5. The van der Waals surface area contributed by atoms with Gasteiger partial charge in [0.15, 0.2) is 28.8 Å². The fourth-order valence-corrected chi connectivity index (χ4v) is 7.10. The number of halogens is 1. The Kier molecular flexibility index (Phi) is 6.29. The van der Waals surface area contributed by atoms with Crippen LogP contribution in [0.4, 0.5) is 10.1 Å². The largest absolute Gasteiger partial charge is 0.493 e. The van der Waals surface area contributed by atoms with Crippen LogP contribution < -0.4 is 19.1 Å². The fraction of sp³-hybridized carbons (Fsp3) is 0.324. The quantitative estimate of drug-likeness (QED) is 0.354. The number of rotatable bonds is 5. The number of Topliss-reactive ketones (excluding diaryl/α,β-unsaturated/α-hetero) is 3. The lowest BCUT2D eigenvalue weighted by atomic mass is 9.63. The van der Waals surface area contributed by atoms with Crippen molar-refractivity contribution in [2.45, 2.75) is 38.8 Å². The van der Waals surface area contributed by atoms with Crippen LogP contribution in [0, 0.1) is 16.6 Å². The Morgan fingerprint density at radius 2 is 1.52 bits per heavy atom. The first-order valence-electron chi connectivity index (χ1n) is 13.8. The van der Waals surface area contributed by atoms with Gasteiger partial charge in [0, 0.05) is 39.3 Å². The molecule has 8 heteroatoms. The molecule has 2 heterocycles. The molecule has 0 N–H and O–H groups in total. The van der Waals surface area contributed by atoms with Crippen molar-refractivity contribution < 1.29 is 33.0 Å². The van der Waals surface area contributed by atoms with Crippen molar-refractivity contribution in [2.24, 2.45) is 10.8 Å². The Morgan fingerprint density at radius 1 is 0.881 bits per heavy atom. The zero-order chi connectivity index (χ0) is 30.1. The summed E-state index contributed by atoms with van der Waals surface area (Å²) in [6.07, 6.45) is 3.50. The van der Waals surface area contributed by atoms with E-state index < -0.39 is 34.6 Å². The molecule has 0 aromatic heterocycles. The summed E-state index contributed by atoms with van der Waals surface area (Å²) in [5.41, 5.74) is -0.346. The maximum absolute atomic E-state index is 14.8. The summed E-state index contributed by atoms with van der Waals surface area (Å²) in [6.45, 7) is 5.45. The highest BCUT2D eigenvalue weighted by Crippen LogP contribution is 2.63. The van der Waals surface area contributed by atoms with E-state index in [9.17, 15) is 18.8 Å². The lowest BCUT2D eigenvalue weighted by Crippen LogP contribution is -2.49. The summed E-state index contributed by atoms with van der Waals surface area (Å²) in [5.74, 6) is -1.36. The fourth-order valence-electron chi connectivity index (χ4n) is 7.10. The van der Waals surface area contributed by atoms with Crippen molar-refractivity contribution in [1.82, 2.24) is 0 Å². The Labute approximate surface area is 243 Å². The molecule has 0 unspecified atom stereocenters. The highest BCUT2D eigenvalue weighted by Gasteiger charge is 2.72. The topological polar surface area (TPSA) is 82.1 Å². The van der Waals surface area contributed by atoms with Crippen LogP contribution in [-0.2, 0) is 4.79 Å². The Hall–Kier alpha value is -4.46. The zero-order valence-electron chi connectivity index (χ0n) is 24.4. The Bertz CT molecular complexity index is 1650. The molecule has 6 rings (SSSR count). The van der Waals surface area contributed by atoms with E-state index in [1.165, 1.54) is 33.5 Å². The molecule has 0 bridgehead atoms. The summed E-state index contributed by atoms with van der Waals surface area (Å²) in [4.78, 5) is 46.0. The van der Waals surface area contributed by atoms with Gasteiger partial charge in [0.1, 0.15) is 11.2 Å². The van der Waals surface area contributed by atoms with E-state index >= 15 is 0 Å². The second-order valence-electron chi connectivity index (χ2n) is 11.9. The molecule has 1 saturated heterocycles. The van der Waals surface area contributed by atoms with Crippen molar-refractivity contribution in [3.05, 3.63) is 88.7 Å². The molecule has 42 heavy (non-hydrogen) atoms. The average Bonchev–Trinajstić information content (AvgIpc) is 3.40. The summed E-state index contributed by atoms with van der Waals surface area (Å²) in [6, 6.07) is 12.7. The molecule has 3 atom stereocenters. The summed E-state index contributed by atoms with van der Waals surface area (Å²) in [5, 5.41) is 0. The Morgan fingerprint density at radius 3 is 2.10 bits per heavy atom. The molecule has 3 aromatic rings. The van der Waals surface area contributed by atoms with E-state index in [4.69, 9.17) is 14.2 Å². The summed E-state index contributed by atoms with van der Waals surface area (Å²) < 4.78 is 31.5. The van der Waals surface area contributed by atoms with Gasteiger partial charge >= 0.3 is 0 Å². The van der Waals surface area contributed by atoms with Crippen LogP contribution in [0.3, 0.4) is 0 Å². The molecular weight excluding hydrogens is 537 g/mol. The SMILES string of the molecule is COc1ccc([C@H]2[C@H](C(=O)C(C)(C)C)N3c4ccc(F)cc4C=C[C@H]3C23C(=O)c2ccccc2C3=O)c(OC)c1OC. The van der Waals surface area contributed by atoms with Gasteiger partial charge in [-0.3, -0.25) is 14.4 Å². The van der Waals surface area contributed by atoms with Crippen LogP contribution >= 0.6 is 0 Å². The van der Waals surface area contributed by atoms with Crippen LogP contribution in [0.25, 0.3) is 6.08 Å². The molecule has 3 aliphatic rings. The van der Waals surface area contributed by atoms with Crippen LogP contribution in [0.5, 0.6) is 17.2 Å². The highest BCUT2D eigenvalue weighted by atomic mass is 19.1. The third kappa shape index (κ3) is 3.53. The lowest BCUT2D eigenvalue weighted by Gasteiger charge is -2.38. The molecule has 1 aliphatic carbocycles. The number of ketones is 3. The van der Waals surface area contributed by atoms with E-state index in [1.54, 1.807) is 54.6 Å². The van der Waals surface area contributed by atoms with Crippen LogP contribution in [0.15, 0.2) is 60.7 Å². The smallest absolute Gasteiger partial charge is 0.203 e. The second-order valence-corrected chi connectivity index (χ2v) is 11.9. The number of carbonyl (C=O) groups is 3. The summed E-state index contributed by atoms with van der Waals surface area (Å²) in [7, 11) is 4.45. The van der Waals surface area contributed by atoms with Crippen molar-refractivity contribution in [3.8, 4) is 17.2 Å². The standard InChI is InChI=1S/C34H32FNO6/c1-33(2,3)32(39)27-26(22-13-15-24(40-4)29(42-6)28(22)41-5)34(30(37)20-9-7-8-10-21(20)31(34)38)25-16-11-18-17-19(35)12-14-23(18)36(25)27/h7-17,25-27H,1-6H3/t25-,26-,27+/m0/s1. The minimum Gasteiger partial charge on any atom is -0.493 e. The predicted molar refractivity (Wildman–Crippen MR) is 156 cm³/mol. The maximum atomic E-state index is 14.8. The van der Waals surface area contributed by atoms with Crippen molar-refractivity contribution in [1.29, 1.82) is 0 Å². The molecule has 0 saturated carbocycles. The van der Waals surface area contributed by atoms with Crippen molar-refractivity contribution in [3.63, 3.8) is 0 Å². The first kappa shape index (κ1) is 27.7. The van der Waals surface area contributed by atoms with Crippen molar-refractivity contribution >= 4 is 29.1 Å². The van der Waals surface area contributed by atoms with Crippen molar-refractivity contribution in [2.75, 3.05) is 26.2 Å². The highest BCUT2D eigenvalue weighted by molar-refractivity contribution is 6.32. The third-order valence-corrected chi connectivity index (χ3v) is 8.84. The van der Waals surface area contributed by atoms with Gasteiger partial charge in [-0.25, -0.2) is 4.39 Å². The molecule has 216 valence electrons. The van der Waals surface area contributed by atoms with E-state index in [0.29, 0.717) is 33.7 Å². The molecule has 2 aliphatic heterocycles. The minimum absolute atomic E-state index is 0.173. The molecule has 3 aromatic carbocycles. The zero-order valence-corrected chi connectivity index (χ0v) is 24.4. The number of nitrogens with zero attached hydrogens (tertiary/aromatic N) is 1. The van der Waals surface area contributed by atoms with Crippen LogP contribution in [-0.4, -0.2) is 50.8 Å². The number of hydrogen-bond donors (Lipinski definition) is 0. The van der Waals surface area contributed by atoms with Gasteiger partial charge in [0.2, 0.25) is 5.75 Å². The van der Waals surface area contributed by atoms with Gasteiger partial charge < -0.3 is 19.1 Å². The summed E-state index contributed by atoms with van der Waals surface area (Å²) >= 11 is 0. The van der Waals surface area contributed by atoms with Gasteiger partial charge in [-0.1, -0.05) is 63.3 Å². The number of ether oxygens (including phenoxy) is 3. The monoisotopic (exact) mass is 569 g/mol.